The van der Waals surface area contributed by atoms with E-state index in [4.69, 9.17) is 9.97 Å². The van der Waals surface area contributed by atoms with E-state index in [0.717, 1.165) is 23.1 Å². The first-order valence-corrected chi connectivity index (χ1v) is 8.31. The summed E-state index contributed by atoms with van der Waals surface area (Å²) in [6.45, 7) is 0. The summed E-state index contributed by atoms with van der Waals surface area (Å²) in [6.07, 6.45) is 11.5. The van der Waals surface area contributed by atoms with E-state index < -0.39 is 0 Å². The Morgan fingerprint density at radius 2 is 1.42 bits per heavy atom. The minimum atomic E-state index is 0.317. The van der Waals surface area contributed by atoms with Crippen LogP contribution in [0.1, 0.15) is 18.0 Å². The summed E-state index contributed by atoms with van der Waals surface area (Å²) < 4.78 is 0. The lowest BCUT2D eigenvalue weighted by atomic mass is 9.96. The highest BCUT2D eigenvalue weighted by Crippen LogP contribution is 2.34. The highest BCUT2D eigenvalue weighted by molar-refractivity contribution is 6.22. The molecular formula is C22H16N2. The van der Waals surface area contributed by atoms with E-state index in [9.17, 15) is 0 Å². The van der Waals surface area contributed by atoms with Crippen molar-refractivity contribution in [3.63, 3.8) is 0 Å². The number of aromatic nitrogens is 2. The molecule has 3 aromatic carbocycles. The second kappa shape index (κ2) is 5.27. The van der Waals surface area contributed by atoms with Gasteiger partial charge in [-0.1, -0.05) is 72.8 Å². The summed E-state index contributed by atoms with van der Waals surface area (Å²) in [6, 6.07) is 17.0. The number of rotatable bonds is 1. The molecule has 1 unspecified atom stereocenters. The Balaban J connectivity index is 1.89. The highest BCUT2D eigenvalue weighted by atomic mass is 14.8. The SMILES string of the molecule is C1=CCC(c2cnc3c4ccccc4c4ccccc4c3n2)C=C1. The minimum absolute atomic E-state index is 0.317. The molecule has 0 fully saturated rings. The van der Waals surface area contributed by atoms with Gasteiger partial charge in [-0.3, -0.25) is 4.98 Å². The number of hydrogen-bond acceptors (Lipinski definition) is 2. The zero-order chi connectivity index (χ0) is 15.9. The molecular weight excluding hydrogens is 292 g/mol. The van der Waals surface area contributed by atoms with Crippen LogP contribution in [0.3, 0.4) is 0 Å². The molecule has 0 spiro atoms. The van der Waals surface area contributed by atoms with Crippen LogP contribution in [-0.2, 0) is 0 Å². The lowest BCUT2D eigenvalue weighted by Crippen LogP contribution is -2.01. The van der Waals surface area contributed by atoms with E-state index >= 15 is 0 Å². The Morgan fingerprint density at radius 3 is 2.08 bits per heavy atom. The third-order valence-electron chi connectivity index (χ3n) is 4.81. The van der Waals surface area contributed by atoms with E-state index in [1.165, 1.54) is 21.5 Å². The molecule has 1 aliphatic rings. The van der Waals surface area contributed by atoms with Crippen molar-refractivity contribution in [2.24, 2.45) is 0 Å². The summed E-state index contributed by atoms with van der Waals surface area (Å²) in [7, 11) is 0. The van der Waals surface area contributed by atoms with E-state index in [1.54, 1.807) is 0 Å². The number of fused-ring (bicyclic) bond motifs is 6. The highest BCUT2D eigenvalue weighted by Gasteiger charge is 2.15. The number of hydrogen-bond donors (Lipinski definition) is 0. The Kier molecular flexibility index (Phi) is 2.95. The first kappa shape index (κ1) is 13.4. The molecule has 24 heavy (non-hydrogen) atoms. The predicted octanol–water partition coefficient (Wildman–Crippen LogP) is 5.54. The van der Waals surface area contributed by atoms with Crippen LogP contribution in [0, 0.1) is 0 Å². The lowest BCUT2D eigenvalue weighted by Gasteiger charge is -2.14. The summed E-state index contributed by atoms with van der Waals surface area (Å²) in [5.74, 6) is 0.317. The molecule has 1 aromatic heterocycles. The molecule has 5 rings (SSSR count). The second-order valence-electron chi connectivity index (χ2n) is 6.24. The second-order valence-corrected chi connectivity index (χ2v) is 6.24. The average Bonchev–Trinajstić information content (AvgIpc) is 2.68. The van der Waals surface area contributed by atoms with Crippen LogP contribution in [-0.4, -0.2) is 9.97 Å². The fraction of sp³-hybridized carbons (Fsp3) is 0.0909. The summed E-state index contributed by atoms with van der Waals surface area (Å²) in [5, 5.41) is 4.83. The van der Waals surface area contributed by atoms with Gasteiger partial charge in [-0.15, -0.1) is 0 Å². The van der Waals surface area contributed by atoms with Crippen molar-refractivity contribution in [3.8, 4) is 0 Å². The molecule has 0 bridgehead atoms. The van der Waals surface area contributed by atoms with Crippen molar-refractivity contribution in [1.82, 2.24) is 9.97 Å². The molecule has 1 heterocycles. The fourth-order valence-electron chi connectivity index (χ4n) is 3.62. The van der Waals surface area contributed by atoms with Crippen LogP contribution in [0.5, 0.6) is 0 Å². The van der Waals surface area contributed by atoms with Crippen LogP contribution in [0.4, 0.5) is 0 Å². The van der Waals surface area contributed by atoms with Crippen molar-refractivity contribution < 1.29 is 0 Å². The average molecular weight is 308 g/mol. The van der Waals surface area contributed by atoms with Crippen LogP contribution >= 0.6 is 0 Å². The van der Waals surface area contributed by atoms with Gasteiger partial charge in [0.1, 0.15) is 0 Å². The van der Waals surface area contributed by atoms with E-state index in [1.807, 2.05) is 6.20 Å². The molecule has 0 aliphatic heterocycles. The number of nitrogens with zero attached hydrogens (tertiary/aromatic N) is 2. The zero-order valence-corrected chi connectivity index (χ0v) is 13.2. The maximum absolute atomic E-state index is 5.03. The van der Waals surface area contributed by atoms with Gasteiger partial charge in [0, 0.05) is 22.9 Å². The standard InChI is InChI=1S/C22H16N2/c1-2-8-15(9-3-1)20-14-23-21-18-12-6-4-10-16(18)17-11-5-7-13-19(17)22(21)24-20/h1-8,10-15H,9H2. The number of benzene rings is 3. The fourth-order valence-corrected chi connectivity index (χ4v) is 3.62. The van der Waals surface area contributed by atoms with Crippen molar-refractivity contribution in [1.29, 1.82) is 0 Å². The lowest BCUT2D eigenvalue weighted by molar-refractivity contribution is 0.815. The van der Waals surface area contributed by atoms with E-state index in [2.05, 4.69) is 72.8 Å². The molecule has 2 heteroatoms. The van der Waals surface area contributed by atoms with Gasteiger partial charge in [-0.25, -0.2) is 4.98 Å². The third-order valence-corrected chi connectivity index (χ3v) is 4.81. The van der Waals surface area contributed by atoms with Gasteiger partial charge in [-0.05, 0) is 17.2 Å². The molecule has 0 saturated carbocycles. The smallest absolute Gasteiger partial charge is 0.0975 e. The first-order chi connectivity index (χ1) is 11.9. The molecule has 0 radical (unpaired) electrons. The first-order valence-electron chi connectivity index (χ1n) is 8.31. The minimum Gasteiger partial charge on any atom is -0.252 e. The predicted molar refractivity (Wildman–Crippen MR) is 100 cm³/mol. The molecule has 0 N–H and O–H groups in total. The third kappa shape index (κ3) is 1.96. The van der Waals surface area contributed by atoms with Gasteiger partial charge < -0.3 is 0 Å². The van der Waals surface area contributed by atoms with Crippen LogP contribution < -0.4 is 0 Å². The van der Waals surface area contributed by atoms with Gasteiger partial charge in [0.15, 0.2) is 0 Å². The Hall–Kier alpha value is -3.00. The van der Waals surface area contributed by atoms with Gasteiger partial charge in [-0.2, -0.15) is 0 Å². The molecule has 114 valence electrons. The van der Waals surface area contributed by atoms with E-state index in [-0.39, 0.29) is 0 Å². The topological polar surface area (TPSA) is 25.8 Å². The molecule has 2 nitrogen and oxygen atoms in total. The van der Waals surface area contributed by atoms with Crippen LogP contribution in [0.2, 0.25) is 0 Å². The van der Waals surface area contributed by atoms with Crippen molar-refractivity contribution in [3.05, 3.63) is 84.7 Å². The normalized spacial score (nSPS) is 17.1. The molecule has 0 saturated heterocycles. The number of allylic oxidation sites excluding steroid dienone is 4. The summed E-state index contributed by atoms with van der Waals surface area (Å²) >= 11 is 0. The van der Waals surface area contributed by atoms with Gasteiger partial charge in [0.2, 0.25) is 0 Å². The van der Waals surface area contributed by atoms with E-state index in [0.29, 0.717) is 5.92 Å². The monoisotopic (exact) mass is 308 g/mol. The van der Waals surface area contributed by atoms with Crippen molar-refractivity contribution in [2.45, 2.75) is 12.3 Å². The van der Waals surface area contributed by atoms with Crippen LogP contribution in [0.25, 0.3) is 32.6 Å². The van der Waals surface area contributed by atoms with Crippen LogP contribution in [0.15, 0.2) is 79.0 Å². The van der Waals surface area contributed by atoms with Gasteiger partial charge >= 0.3 is 0 Å². The summed E-state index contributed by atoms with van der Waals surface area (Å²) in [4.78, 5) is 9.84. The summed E-state index contributed by atoms with van der Waals surface area (Å²) in [5.41, 5.74) is 3.04. The quantitative estimate of drug-likeness (QED) is 0.432. The van der Waals surface area contributed by atoms with Crippen molar-refractivity contribution >= 4 is 32.6 Å². The molecule has 1 aliphatic carbocycles. The van der Waals surface area contributed by atoms with Crippen molar-refractivity contribution in [2.75, 3.05) is 0 Å². The molecule has 1 atom stereocenters. The van der Waals surface area contributed by atoms with Gasteiger partial charge in [0.05, 0.1) is 16.7 Å². The van der Waals surface area contributed by atoms with Gasteiger partial charge in [0.25, 0.3) is 0 Å². The zero-order valence-electron chi connectivity index (χ0n) is 13.2. The maximum Gasteiger partial charge on any atom is 0.0975 e. The Labute approximate surface area is 140 Å². The maximum atomic E-state index is 5.03. The Bertz CT molecular complexity index is 1100. The Morgan fingerprint density at radius 1 is 0.750 bits per heavy atom. The molecule has 0 amide bonds. The largest absolute Gasteiger partial charge is 0.252 e. The molecule has 4 aromatic rings.